The third kappa shape index (κ3) is 2.55. The number of rotatable bonds is 5. The molecule has 22 heavy (non-hydrogen) atoms. The van der Waals surface area contributed by atoms with Crippen LogP contribution in [0.2, 0.25) is 0 Å². The number of aromatic nitrogens is 1. The number of nitrogens with one attached hydrogen (secondary N) is 1. The largest absolute Gasteiger partial charge is 0.493 e. The van der Waals surface area contributed by atoms with E-state index >= 15 is 0 Å². The van der Waals surface area contributed by atoms with E-state index in [1.54, 1.807) is 20.4 Å². The molecule has 2 aromatic carbocycles. The fourth-order valence-electron chi connectivity index (χ4n) is 2.56. The van der Waals surface area contributed by atoms with Gasteiger partial charge in [-0.1, -0.05) is 30.3 Å². The predicted molar refractivity (Wildman–Crippen MR) is 85.9 cm³/mol. The average Bonchev–Trinajstić information content (AvgIpc) is 2.97. The SMILES string of the molecule is COc1cc2[nH]cc(C(=O)Cc3ccccc3)c2cc1OC. The Bertz CT molecular complexity index is 806. The molecule has 0 spiro atoms. The summed E-state index contributed by atoms with van der Waals surface area (Å²) in [5.41, 5.74) is 2.52. The fraction of sp³-hybridized carbons (Fsp3) is 0.167. The van der Waals surface area contributed by atoms with Gasteiger partial charge in [0.15, 0.2) is 17.3 Å². The number of carbonyl (C=O) groups is 1. The maximum atomic E-state index is 12.6. The molecule has 0 saturated carbocycles. The van der Waals surface area contributed by atoms with Crippen LogP contribution in [-0.4, -0.2) is 25.0 Å². The fourth-order valence-corrected chi connectivity index (χ4v) is 2.56. The summed E-state index contributed by atoms with van der Waals surface area (Å²) in [5, 5.41) is 0.846. The minimum Gasteiger partial charge on any atom is -0.493 e. The number of carbonyl (C=O) groups excluding carboxylic acids is 1. The molecule has 0 aliphatic heterocycles. The van der Waals surface area contributed by atoms with Crippen LogP contribution in [0.5, 0.6) is 11.5 Å². The lowest BCUT2D eigenvalue weighted by Crippen LogP contribution is -2.02. The molecule has 0 aliphatic rings. The van der Waals surface area contributed by atoms with Gasteiger partial charge < -0.3 is 14.5 Å². The van der Waals surface area contributed by atoms with Crippen molar-refractivity contribution in [2.75, 3.05) is 14.2 Å². The maximum Gasteiger partial charge on any atom is 0.169 e. The van der Waals surface area contributed by atoms with Crippen LogP contribution in [0.3, 0.4) is 0 Å². The first-order valence-corrected chi connectivity index (χ1v) is 7.03. The quantitative estimate of drug-likeness (QED) is 0.732. The van der Waals surface area contributed by atoms with Crippen LogP contribution < -0.4 is 9.47 Å². The minimum absolute atomic E-state index is 0.0738. The summed E-state index contributed by atoms with van der Waals surface area (Å²) in [6.45, 7) is 0. The summed E-state index contributed by atoms with van der Waals surface area (Å²) in [5.74, 6) is 1.33. The number of fused-ring (bicyclic) bond motifs is 1. The first-order valence-electron chi connectivity index (χ1n) is 7.03. The Kier molecular flexibility index (Phi) is 3.83. The van der Waals surface area contributed by atoms with Crippen molar-refractivity contribution in [1.29, 1.82) is 0 Å². The molecule has 4 nitrogen and oxygen atoms in total. The van der Waals surface area contributed by atoms with E-state index in [2.05, 4.69) is 4.98 Å². The van der Waals surface area contributed by atoms with Gasteiger partial charge in [0.2, 0.25) is 0 Å². The molecule has 1 heterocycles. The third-order valence-corrected chi connectivity index (χ3v) is 3.69. The number of benzene rings is 2. The highest BCUT2D eigenvalue weighted by molar-refractivity contribution is 6.09. The second kappa shape index (κ2) is 5.93. The number of methoxy groups -OCH3 is 2. The van der Waals surface area contributed by atoms with Gasteiger partial charge in [-0.2, -0.15) is 0 Å². The second-order valence-electron chi connectivity index (χ2n) is 5.04. The van der Waals surface area contributed by atoms with Gasteiger partial charge in [0, 0.05) is 29.6 Å². The zero-order chi connectivity index (χ0) is 15.5. The molecule has 0 fully saturated rings. The maximum absolute atomic E-state index is 12.6. The molecule has 0 bridgehead atoms. The molecular weight excluding hydrogens is 278 g/mol. The molecule has 0 atom stereocenters. The Balaban J connectivity index is 1.98. The molecule has 0 unspecified atom stereocenters. The van der Waals surface area contributed by atoms with Crippen molar-refractivity contribution in [1.82, 2.24) is 4.98 Å². The van der Waals surface area contributed by atoms with E-state index in [1.807, 2.05) is 42.5 Å². The molecule has 3 rings (SSSR count). The average molecular weight is 295 g/mol. The van der Waals surface area contributed by atoms with Crippen molar-refractivity contribution >= 4 is 16.7 Å². The zero-order valence-electron chi connectivity index (χ0n) is 12.6. The summed E-state index contributed by atoms with van der Waals surface area (Å²) >= 11 is 0. The van der Waals surface area contributed by atoms with Crippen LogP contribution in [0, 0.1) is 0 Å². The summed E-state index contributed by atoms with van der Waals surface area (Å²) in [7, 11) is 3.18. The number of Topliss-reactive ketones (excluding diaryl/α,β-unsaturated/α-hetero) is 1. The van der Waals surface area contributed by atoms with Crippen molar-refractivity contribution in [2.45, 2.75) is 6.42 Å². The van der Waals surface area contributed by atoms with Crippen molar-refractivity contribution < 1.29 is 14.3 Å². The number of H-pyrrole nitrogens is 1. The van der Waals surface area contributed by atoms with Gasteiger partial charge in [-0.05, 0) is 11.6 Å². The normalized spacial score (nSPS) is 10.6. The molecule has 0 amide bonds. The molecule has 3 aromatic rings. The number of ether oxygens (including phenoxy) is 2. The van der Waals surface area contributed by atoms with Crippen molar-refractivity contribution in [3.8, 4) is 11.5 Å². The lowest BCUT2D eigenvalue weighted by molar-refractivity contribution is 0.0994. The first kappa shape index (κ1) is 14.2. The van der Waals surface area contributed by atoms with Crippen molar-refractivity contribution in [3.63, 3.8) is 0 Å². The predicted octanol–water partition coefficient (Wildman–Crippen LogP) is 3.61. The van der Waals surface area contributed by atoms with E-state index in [-0.39, 0.29) is 5.78 Å². The van der Waals surface area contributed by atoms with Crippen molar-refractivity contribution in [3.05, 3.63) is 59.8 Å². The monoisotopic (exact) mass is 295 g/mol. The lowest BCUT2D eigenvalue weighted by atomic mass is 10.0. The Morgan fingerprint density at radius 3 is 2.41 bits per heavy atom. The highest BCUT2D eigenvalue weighted by atomic mass is 16.5. The smallest absolute Gasteiger partial charge is 0.169 e. The molecule has 0 saturated heterocycles. The molecule has 112 valence electrons. The van der Waals surface area contributed by atoms with Gasteiger partial charge >= 0.3 is 0 Å². The van der Waals surface area contributed by atoms with Gasteiger partial charge in [0.05, 0.1) is 19.7 Å². The van der Waals surface area contributed by atoms with Crippen LogP contribution in [0.4, 0.5) is 0 Å². The number of hydrogen-bond donors (Lipinski definition) is 1. The van der Waals surface area contributed by atoms with Crippen LogP contribution in [0.15, 0.2) is 48.7 Å². The van der Waals surface area contributed by atoms with E-state index in [1.165, 1.54) is 0 Å². The zero-order valence-corrected chi connectivity index (χ0v) is 12.6. The Hall–Kier alpha value is -2.75. The van der Waals surface area contributed by atoms with Crippen LogP contribution in [0.25, 0.3) is 10.9 Å². The van der Waals surface area contributed by atoms with Gasteiger partial charge in [-0.15, -0.1) is 0 Å². The first-order chi connectivity index (χ1) is 10.7. The van der Waals surface area contributed by atoms with Gasteiger partial charge in [-0.25, -0.2) is 0 Å². The van der Waals surface area contributed by atoms with Gasteiger partial charge in [-0.3, -0.25) is 4.79 Å². The summed E-state index contributed by atoms with van der Waals surface area (Å²) in [4.78, 5) is 15.7. The van der Waals surface area contributed by atoms with E-state index in [0.717, 1.165) is 16.5 Å². The number of ketones is 1. The third-order valence-electron chi connectivity index (χ3n) is 3.69. The molecule has 4 heteroatoms. The van der Waals surface area contributed by atoms with Gasteiger partial charge in [0.25, 0.3) is 0 Å². The highest BCUT2D eigenvalue weighted by Crippen LogP contribution is 2.33. The van der Waals surface area contributed by atoms with E-state index in [9.17, 15) is 4.79 Å². The summed E-state index contributed by atoms with van der Waals surface area (Å²) < 4.78 is 10.6. The van der Waals surface area contributed by atoms with Crippen LogP contribution in [0.1, 0.15) is 15.9 Å². The topological polar surface area (TPSA) is 51.3 Å². The highest BCUT2D eigenvalue weighted by Gasteiger charge is 2.15. The lowest BCUT2D eigenvalue weighted by Gasteiger charge is -2.08. The van der Waals surface area contributed by atoms with Crippen molar-refractivity contribution in [2.24, 2.45) is 0 Å². The minimum atomic E-state index is 0.0738. The molecule has 0 aliphatic carbocycles. The molecular formula is C18H17NO3. The Labute approximate surface area is 128 Å². The van der Waals surface area contributed by atoms with Crippen LogP contribution in [-0.2, 0) is 6.42 Å². The van der Waals surface area contributed by atoms with E-state index < -0.39 is 0 Å². The van der Waals surface area contributed by atoms with E-state index in [4.69, 9.17) is 9.47 Å². The van der Waals surface area contributed by atoms with E-state index in [0.29, 0.717) is 23.5 Å². The molecule has 1 aromatic heterocycles. The second-order valence-corrected chi connectivity index (χ2v) is 5.04. The summed E-state index contributed by atoms with van der Waals surface area (Å²) in [6, 6.07) is 13.4. The Morgan fingerprint density at radius 1 is 1.05 bits per heavy atom. The van der Waals surface area contributed by atoms with Gasteiger partial charge in [0.1, 0.15) is 0 Å². The standard InChI is InChI=1S/C18H17NO3/c1-21-17-9-13-14(11-19-15(13)10-18(17)22-2)16(20)8-12-6-4-3-5-7-12/h3-7,9-11,19H,8H2,1-2H3. The Morgan fingerprint density at radius 2 is 1.73 bits per heavy atom. The summed E-state index contributed by atoms with van der Waals surface area (Å²) in [6.07, 6.45) is 2.12. The molecule has 1 N–H and O–H groups in total. The van der Waals surface area contributed by atoms with Crippen LogP contribution >= 0.6 is 0 Å². The number of hydrogen-bond acceptors (Lipinski definition) is 3. The molecule has 0 radical (unpaired) electrons. The number of aromatic amines is 1.